The first kappa shape index (κ1) is 20.0. The van der Waals surface area contributed by atoms with Gasteiger partial charge in [-0.15, -0.1) is 11.3 Å². The average Bonchev–Trinajstić information content (AvgIpc) is 3.17. The van der Waals surface area contributed by atoms with E-state index in [1.54, 1.807) is 36.6 Å². The fraction of sp³-hybridized carbons (Fsp3) is 0.200. The molecule has 0 saturated carbocycles. The highest BCUT2D eigenvalue weighted by Crippen LogP contribution is 2.22. The fourth-order valence-corrected chi connectivity index (χ4v) is 4.44. The first-order valence-corrected chi connectivity index (χ1v) is 10.9. The highest BCUT2D eigenvalue weighted by atomic mass is 32.2. The van der Waals surface area contributed by atoms with Crippen molar-refractivity contribution in [1.82, 2.24) is 10.3 Å². The van der Waals surface area contributed by atoms with E-state index in [9.17, 15) is 13.2 Å². The van der Waals surface area contributed by atoms with Gasteiger partial charge in [-0.2, -0.15) is 8.42 Å². The van der Waals surface area contributed by atoms with E-state index >= 15 is 0 Å². The molecule has 28 heavy (non-hydrogen) atoms. The predicted molar refractivity (Wildman–Crippen MR) is 108 cm³/mol. The number of benzene rings is 2. The van der Waals surface area contributed by atoms with E-state index in [4.69, 9.17) is 4.18 Å². The molecule has 0 radical (unpaired) electrons. The van der Waals surface area contributed by atoms with Gasteiger partial charge in [0.15, 0.2) is 0 Å². The van der Waals surface area contributed by atoms with Crippen LogP contribution in [-0.2, 0) is 16.5 Å². The first-order valence-electron chi connectivity index (χ1n) is 8.63. The van der Waals surface area contributed by atoms with Crippen LogP contribution in [0.2, 0.25) is 0 Å². The van der Waals surface area contributed by atoms with Gasteiger partial charge in [0.1, 0.15) is 10.6 Å². The van der Waals surface area contributed by atoms with Gasteiger partial charge >= 0.3 is 10.1 Å². The SMILES string of the molecule is Cc1ccc(C)c(S(=O)(=O)Oc2ccc(C(=O)NCCc3nccs3)cc2)c1. The van der Waals surface area contributed by atoms with E-state index in [0.29, 0.717) is 24.1 Å². The highest BCUT2D eigenvalue weighted by Gasteiger charge is 2.19. The minimum absolute atomic E-state index is 0.136. The predicted octanol–water partition coefficient (Wildman–Crippen LogP) is 3.50. The average molecular weight is 417 g/mol. The second-order valence-corrected chi connectivity index (χ2v) is 8.76. The molecule has 0 bridgehead atoms. The Bertz CT molecular complexity index is 1060. The molecule has 2 aromatic carbocycles. The van der Waals surface area contributed by atoms with Crippen molar-refractivity contribution < 1.29 is 17.4 Å². The zero-order valence-electron chi connectivity index (χ0n) is 15.5. The third-order valence-electron chi connectivity index (χ3n) is 4.04. The standard InChI is InChI=1S/C20H20N2O4S2/c1-14-3-4-15(2)18(13-14)28(24,25)26-17-7-5-16(6-8-17)20(23)22-10-9-19-21-11-12-27-19/h3-8,11-13H,9-10H2,1-2H3,(H,22,23). The summed E-state index contributed by atoms with van der Waals surface area (Å²) in [6.45, 7) is 4.01. The van der Waals surface area contributed by atoms with Gasteiger partial charge in [-0.25, -0.2) is 4.98 Å². The number of aryl methyl sites for hydroxylation is 2. The van der Waals surface area contributed by atoms with Gasteiger partial charge in [-0.3, -0.25) is 4.79 Å². The molecule has 0 aliphatic rings. The molecule has 3 aromatic rings. The number of hydrogen-bond donors (Lipinski definition) is 1. The summed E-state index contributed by atoms with van der Waals surface area (Å²) in [5.41, 5.74) is 1.87. The summed E-state index contributed by atoms with van der Waals surface area (Å²) in [4.78, 5) is 16.5. The molecule has 1 amide bonds. The van der Waals surface area contributed by atoms with Crippen LogP contribution in [0.15, 0.2) is 58.9 Å². The molecule has 8 heteroatoms. The van der Waals surface area contributed by atoms with E-state index in [1.165, 1.54) is 24.3 Å². The molecular weight excluding hydrogens is 396 g/mol. The Labute approximate surface area is 168 Å². The van der Waals surface area contributed by atoms with Gasteiger partial charge in [0.2, 0.25) is 0 Å². The Morgan fingerprint density at radius 1 is 1.14 bits per heavy atom. The van der Waals surface area contributed by atoms with Crippen molar-refractivity contribution in [2.75, 3.05) is 6.54 Å². The van der Waals surface area contributed by atoms with Crippen LogP contribution >= 0.6 is 11.3 Å². The molecule has 0 aliphatic heterocycles. The van der Waals surface area contributed by atoms with Crippen molar-refractivity contribution in [1.29, 1.82) is 0 Å². The maximum atomic E-state index is 12.5. The maximum absolute atomic E-state index is 12.5. The zero-order valence-corrected chi connectivity index (χ0v) is 17.1. The molecule has 146 valence electrons. The smallest absolute Gasteiger partial charge is 0.339 e. The second kappa shape index (κ2) is 8.53. The Hall–Kier alpha value is -2.71. The van der Waals surface area contributed by atoms with Crippen LogP contribution in [0.25, 0.3) is 0 Å². The molecule has 0 spiro atoms. The number of nitrogens with one attached hydrogen (secondary N) is 1. The minimum atomic E-state index is -3.95. The van der Waals surface area contributed by atoms with Crippen LogP contribution in [0.5, 0.6) is 5.75 Å². The van der Waals surface area contributed by atoms with Crippen LogP contribution in [0.4, 0.5) is 0 Å². The molecule has 0 fully saturated rings. The number of carbonyl (C=O) groups is 1. The molecule has 1 N–H and O–H groups in total. The van der Waals surface area contributed by atoms with E-state index in [-0.39, 0.29) is 16.6 Å². The summed E-state index contributed by atoms with van der Waals surface area (Å²) >= 11 is 1.54. The first-order chi connectivity index (χ1) is 13.3. The molecule has 6 nitrogen and oxygen atoms in total. The fourth-order valence-electron chi connectivity index (χ4n) is 2.57. The lowest BCUT2D eigenvalue weighted by Gasteiger charge is -2.10. The summed E-state index contributed by atoms with van der Waals surface area (Å²) in [6, 6.07) is 11.2. The van der Waals surface area contributed by atoms with Gasteiger partial charge < -0.3 is 9.50 Å². The molecular formula is C20H20N2O4S2. The van der Waals surface area contributed by atoms with Crippen LogP contribution in [-0.4, -0.2) is 25.9 Å². The van der Waals surface area contributed by atoms with Gasteiger partial charge in [-0.05, 0) is 55.3 Å². The van der Waals surface area contributed by atoms with Crippen molar-refractivity contribution in [3.05, 3.63) is 75.7 Å². The van der Waals surface area contributed by atoms with Crippen molar-refractivity contribution in [2.24, 2.45) is 0 Å². The molecule has 3 rings (SSSR count). The molecule has 0 saturated heterocycles. The second-order valence-electron chi connectivity index (χ2n) is 6.26. The number of hydrogen-bond acceptors (Lipinski definition) is 6. The van der Waals surface area contributed by atoms with Crippen LogP contribution in [0.3, 0.4) is 0 Å². The summed E-state index contributed by atoms with van der Waals surface area (Å²) in [6.07, 6.45) is 2.39. The van der Waals surface area contributed by atoms with Crippen LogP contribution in [0, 0.1) is 13.8 Å². The lowest BCUT2D eigenvalue weighted by Crippen LogP contribution is -2.25. The van der Waals surface area contributed by atoms with Crippen molar-refractivity contribution >= 4 is 27.4 Å². The summed E-state index contributed by atoms with van der Waals surface area (Å²) in [5.74, 6) is -0.0827. The topological polar surface area (TPSA) is 85.4 Å². The Kier molecular flexibility index (Phi) is 6.11. The zero-order chi connectivity index (χ0) is 20.1. The van der Waals surface area contributed by atoms with E-state index in [0.717, 1.165) is 10.6 Å². The van der Waals surface area contributed by atoms with Crippen molar-refractivity contribution in [2.45, 2.75) is 25.2 Å². The third-order valence-corrected chi connectivity index (χ3v) is 6.27. The summed E-state index contributed by atoms with van der Waals surface area (Å²) < 4.78 is 30.3. The quantitative estimate of drug-likeness (QED) is 0.596. The molecule has 1 heterocycles. The number of amides is 1. The van der Waals surface area contributed by atoms with Crippen molar-refractivity contribution in [3.63, 3.8) is 0 Å². The normalized spacial score (nSPS) is 11.2. The molecule has 0 unspecified atom stereocenters. The van der Waals surface area contributed by atoms with E-state index in [1.807, 2.05) is 18.4 Å². The van der Waals surface area contributed by atoms with Crippen LogP contribution < -0.4 is 9.50 Å². The van der Waals surface area contributed by atoms with Gasteiger partial charge in [0.05, 0.1) is 5.01 Å². The molecule has 1 aromatic heterocycles. The van der Waals surface area contributed by atoms with Gasteiger partial charge in [-0.1, -0.05) is 12.1 Å². The van der Waals surface area contributed by atoms with E-state index in [2.05, 4.69) is 10.3 Å². The van der Waals surface area contributed by atoms with E-state index < -0.39 is 10.1 Å². The van der Waals surface area contributed by atoms with Crippen molar-refractivity contribution in [3.8, 4) is 5.75 Å². The lowest BCUT2D eigenvalue weighted by molar-refractivity contribution is 0.0954. The van der Waals surface area contributed by atoms with Gasteiger partial charge in [0.25, 0.3) is 5.91 Å². The maximum Gasteiger partial charge on any atom is 0.339 e. The summed E-state index contributed by atoms with van der Waals surface area (Å²) in [7, 11) is -3.95. The number of thiazole rings is 1. The summed E-state index contributed by atoms with van der Waals surface area (Å²) in [5, 5.41) is 5.66. The number of nitrogens with zero attached hydrogens (tertiary/aromatic N) is 1. The Balaban J connectivity index is 1.63. The third kappa shape index (κ3) is 4.96. The van der Waals surface area contributed by atoms with Gasteiger partial charge in [0, 0.05) is 30.1 Å². The number of aromatic nitrogens is 1. The largest absolute Gasteiger partial charge is 0.379 e. The molecule has 0 aliphatic carbocycles. The highest BCUT2D eigenvalue weighted by molar-refractivity contribution is 7.87. The number of rotatable bonds is 7. The Morgan fingerprint density at radius 2 is 1.89 bits per heavy atom. The van der Waals surface area contributed by atoms with Crippen LogP contribution in [0.1, 0.15) is 26.5 Å². The lowest BCUT2D eigenvalue weighted by atomic mass is 10.2. The number of carbonyl (C=O) groups excluding carboxylic acids is 1. The Morgan fingerprint density at radius 3 is 2.57 bits per heavy atom. The molecule has 0 atom stereocenters. The minimum Gasteiger partial charge on any atom is -0.379 e. The monoisotopic (exact) mass is 416 g/mol.